The van der Waals surface area contributed by atoms with Crippen molar-refractivity contribution in [1.82, 2.24) is 0 Å². The van der Waals surface area contributed by atoms with Crippen LogP contribution in [0.1, 0.15) is 119 Å². The van der Waals surface area contributed by atoms with E-state index in [0.717, 1.165) is 44.1 Å². The average Bonchev–Trinajstić information content (AvgIpc) is 3.32. The van der Waals surface area contributed by atoms with Crippen LogP contribution >= 0.6 is 0 Å². The Morgan fingerprint density at radius 3 is 2.41 bits per heavy atom. The SMILES string of the molecule is CCCC(CC1CC(=O)c2c(ccc(C(C)(C)CCCC3C=CC=C3)c2C)C1)C(CC)C(=O)CC(C)=O. The quantitative estimate of drug-likeness (QED) is 0.239. The van der Waals surface area contributed by atoms with Gasteiger partial charge in [0.05, 0.1) is 6.42 Å². The Balaban J connectivity index is 1.73. The molecule has 3 nitrogen and oxygen atoms in total. The molecule has 0 saturated heterocycles. The van der Waals surface area contributed by atoms with Crippen molar-refractivity contribution >= 4 is 17.3 Å². The van der Waals surface area contributed by atoms with E-state index in [-0.39, 0.29) is 46.9 Å². The third kappa shape index (κ3) is 7.39. The molecule has 2 aliphatic rings. The number of rotatable bonds is 14. The van der Waals surface area contributed by atoms with Gasteiger partial charge in [-0.25, -0.2) is 0 Å². The molecule has 1 aromatic rings. The molecule has 0 amide bonds. The summed E-state index contributed by atoms with van der Waals surface area (Å²) in [6.45, 7) is 12.5. The number of hydrogen-bond donors (Lipinski definition) is 0. The minimum absolute atomic E-state index is 0.0277. The lowest BCUT2D eigenvalue weighted by atomic mass is 9.70. The first kappa shape index (κ1) is 29.3. The number of hydrogen-bond acceptors (Lipinski definition) is 3. The van der Waals surface area contributed by atoms with Gasteiger partial charge >= 0.3 is 0 Å². The number of carbonyl (C=O) groups is 3. The van der Waals surface area contributed by atoms with E-state index in [1.165, 1.54) is 36.5 Å². The van der Waals surface area contributed by atoms with E-state index in [1.807, 2.05) is 0 Å². The van der Waals surface area contributed by atoms with Crippen molar-refractivity contribution in [3.05, 3.63) is 58.7 Å². The van der Waals surface area contributed by atoms with E-state index in [0.29, 0.717) is 12.3 Å². The predicted molar refractivity (Wildman–Crippen MR) is 153 cm³/mol. The van der Waals surface area contributed by atoms with Gasteiger partial charge in [0.15, 0.2) is 5.78 Å². The predicted octanol–water partition coefficient (Wildman–Crippen LogP) is 8.31. The second kappa shape index (κ2) is 13.0. The molecule has 0 spiro atoms. The first-order valence-electron chi connectivity index (χ1n) is 14.6. The van der Waals surface area contributed by atoms with E-state index in [9.17, 15) is 14.4 Å². The zero-order chi connectivity index (χ0) is 27.2. The number of benzene rings is 1. The molecule has 0 radical (unpaired) electrons. The number of fused-ring (bicyclic) bond motifs is 1. The maximum absolute atomic E-state index is 13.5. The van der Waals surface area contributed by atoms with Crippen molar-refractivity contribution in [2.45, 2.75) is 111 Å². The first-order chi connectivity index (χ1) is 17.6. The Bertz CT molecular complexity index is 1030. The van der Waals surface area contributed by atoms with Gasteiger partial charge in [-0.05, 0) is 85.8 Å². The summed E-state index contributed by atoms with van der Waals surface area (Å²) in [7, 11) is 0. The Labute approximate surface area is 225 Å². The maximum Gasteiger partial charge on any atom is 0.163 e. The lowest BCUT2D eigenvalue weighted by Crippen LogP contribution is -2.30. The smallest absolute Gasteiger partial charge is 0.163 e. The van der Waals surface area contributed by atoms with Crippen molar-refractivity contribution in [1.29, 1.82) is 0 Å². The van der Waals surface area contributed by atoms with Gasteiger partial charge in [-0.15, -0.1) is 0 Å². The summed E-state index contributed by atoms with van der Waals surface area (Å²) in [4.78, 5) is 38.0. The topological polar surface area (TPSA) is 51.2 Å². The van der Waals surface area contributed by atoms with Gasteiger partial charge in [-0.1, -0.05) is 83.4 Å². The van der Waals surface area contributed by atoms with Crippen LogP contribution in [-0.4, -0.2) is 17.3 Å². The summed E-state index contributed by atoms with van der Waals surface area (Å²) in [6.07, 6.45) is 17.4. The van der Waals surface area contributed by atoms with Crippen LogP contribution in [0.2, 0.25) is 0 Å². The Morgan fingerprint density at radius 1 is 1.08 bits per heavy atom. The normalized spacial score (nSPS) is 19.2. The summed E-state index contributed by atoms with van der Waals surface area (Å²) in [6, 6.07) is 4.48. The molecule has 0 saturated carbocycles. The highest BCUT2D eigenvalue weighted by Crippen LogP contribution is 2.40. The van der Waals surface area contributed by atoms with Gasteiger partial charge in [0.2, 0.25) is 0 Å². The summed E-state index contributed by atoms with van der Waals surface area (Å²) in [5.74, 6) is 1.29. The van der Waals surface area contributed by atoms with Gasteiger partial charge in [0, 0.05) is 17.9 Å². The monoisotopic (exact) mass is 504 g/mol. The van der Waals surface area contributed by atoms with Gasteiger partial charge in [-0.2, -0.15) is 0 Å². The lowest BCUT2D eigenvalue weighted by molar-refractivity contribution is -0.129. The van der Waals surface area contributed by atoms with Gasteiger partial charge in [0.25, 0.3) is 0 Å². The molecular formula is C34H48O3. The van der Waals surface area contributed by atoms with E-state index < -0.39 is 0 Å². The zero-order valence-corrected chi connectivity index (χ0v) is 24.1. The van der Waals surface area contributed by atoms with Crippen LogP contribution in [0, 0.1) is 30.6 Å². The van der Waals surface area contributed by atoms with Crippen molar-refractivity contribution in [2.75, 3.05) is 0 Å². The van der Waals surface area contributed by atoms with E-state index in [2.05, 4.69) is 71.1 Å². The molecule has 0 aliphatic heterocycles. The highest BCUT2D eigenvalue weighted by atomic mass is 16.1. The minimum atomic E-state index is -0.0829. The summed E-state index contributed by atoms with van der Waals surface area (Å²) in [5.41, 5.74) is 4.63. The van der Waals surface area contributed by atoms with Gasteiger partial charge in [0.1, 0.15) is 11.6 Å². The van der Waals surface area contributed by atoms with Crippen LogP contribution < -0.4 is 0 Å². The molecule has 1 aromatic carbocycles. The van der Waals surface area contributed by atoms with Crippen LogP contribution in [0.4, 0.5) is 0 Å². The number of Topliss-reactive ketones (excluding diaryl/α,β-unsaturated/α-hetero) is 3. The molecule has 3 atom stereocenters. The molecule has 3 heteroatoms. The molecule has 0 fully saturated rings. The second-order valence-electron chi connectivity index (χ2n) is 12.3. The fourth-order valence-electron chi connectivity index (χ4n) is 7.04. The van der Waals surface area contributed by atoms with Crippen molar-refractivity contribution in [2.24, 2.45) is 23.7 Å². The fraction of sp³-hybridized carbons (Fsp3) is 0.618. The van der Waals surface area contributed by atoms with Crippen LogP contribution in [0.15, 0.2) is 36.4 Å². The Morgan fingerprint density at radius 2 is 1.78 bits per heavy atom. The number of carbonyl (C=O) groups excluding carboxylic acids is 3. The molecule has 2 aliphatic carbocycles. The van der Waals surface area contributed by atoms with Crippen molar-refractivity contribution < 1.29 is 14.4 Å². The first-order valence-corrected chi connectivity index (χ1v) is 14.6. The van der Waals surface area contributed by atoms with Crippen LogP contribution in [0.25, 0.3) is 0 Å². The van der Waals surface area contributed by atoms with E-state index in [1.54, 1.807) is 0 Å². The van der Waals surface area contributed by atoms with Gasteiger partial charge in [-0.3, -0.25) is 14.4 Å². The molecule has 3 rings (SSSR count). The van der Waals surface area contributed by atoms with E-state index in [4.69, 9.17) is 0 Å². The highest BCUT2D eigenvalue weighted by Gasteiger charge is 2.34. The van der Waals surface area contributed by atoms with Crippen LogP contribution in [0.3, 0.4) is 0 Å². The van der Waals surface area contributed by atoms with E-state index >= 15 is 0 Å². The maximum atomic E-state index is 13.5. The molecule has 3 unspecified atom stereocenters. The Hall–Kier alpha value is -2.29. The summed E-state index contributed by atoms with van der Waals surface area (Å²) >= 11 is 0. The average molecular weight is 505 g/mol. The third-order valence-corrected chi connectivity index (χ3v) is 8.85. The van der Waals surface area contributed by atoms with Crippen LogP contribution in [-0.2, 0) is 21.4 Å². The molecule has 0 bridgehead atoms. The minimum Gasteiger partial charge on any atom is -0.300 e. The highest BCUT2D eigenvalue weighted by molar-refractivity contribution is 6.00. The third-order valence-electron chi connectivity index (χ3n) is 8.85. The Kier molecular flexibility index (Phi) is 10.3. The fourth-order valence-corrected chi connectivity index (χ4v) is 7.04. The van der Waals surface area contributed by atoms with Crippen molar-refractivity contribution in [3.8, 4) is 0 Å². The molecular weight excluding hydrogens is 456 g/mol. The molecule has 0 heterocycles. The molecule has 37 heavy (non-hydrogen) atoms. The summed E-state index contributed by atoms with van der Waals surface area (Å²) in [5, 5.41) is 0. The standard InChI is InChI=1S/C34H48O3/c1-7-12-27(29(8-2)31(36)19-23(3)35)20-26-21-28-16-17-30(24(4)33(28)32(37)22-26)34(5,6)18-11-15-25-13-9-10-14-25/h9-10,13-14,16-17,25-27,29H,7-8,11-12,15,18-22H2,1-6H3. The molecule has 202 valence electrons. The molecule has 0 aromatic heterocycles. The largest absolute Gasteiger partial charge is 0.300 e. The van der Waals surface area contributed by atoms with Crippen LogP contribution in [0.5, 0.6) is 0 Å². The van der Waals surface area contributed by atoms with Gasteiger partial charge < -0.3 is 0 Å². The molecule has 0 N–H and O–H groups in total. The lowest BCUT2D eigenvalue weighted by Gasteiger charge is -2.34. The summed E-state index contributed by atoms with van der Waals surface area (Å²) < 4.78 is 0. The zero-order valence-electron chi connectivity index (χ0n) is 24.1. The second-order valence-corrected chi connectivity index (χ2v) is 12.3. The van der Waals surface area contributed by atoms with Crippen molar-refractivity contribution in [3.63, 3.8) is 0 Å². The number of allylic oxidation sites excluding steroid dienone is 4. The number of ketones is 3.